The Labute approximate surface area is 118 Å². The van der Waals surface area contributed by atoms with Gasteiger partial charge in [0, 0.05) is 11.3 Å². The van der Waals surface area contributed by atoms with Crippen LogP contribution in [0.2, 0.25) is 0 Å². The number of methoxy groups -OCH3 is 1. The Bertz CT molecular complexity index is 618. The highest BCUT2D eigenvalue weighted by molar-refractivity contribution is 9.10. The minimum absolute atomic E-state index is 0.363. The van der Waals surface area contributed by atoms with Crippen molar-refractivity contribution in [1.82, 2.24) is 9.97 Å². The van der Waals surface area contributed by atoms with E-state index in [4.69, 9.17) is 10.5 Å². The molecule has 0 fully saturated rings. The van der Waals surface area contributed by atoms with Crippen LogP contribution >= 0.6 is 15.9 Å². The molecule has 0 aliphatic carbocycles. The molecule has 0 saturated carbocycles. The maximum Gasteiger partial charge on any atom is 0.248 e. The lowest BCUT2D eigenvalue weighted by atomic mass is 10.2. The van der Waals surface area contributed by atoms with E-state index in [2.05, 4.69) is 31.2 Å². The quantitative estimate of drug-likeness (QED) is 0.899. The van der Waals surface area contributed by atoms with E-state index in [-0.39, 0.29) is 0 Å². The number of benzene rings is 1. The predicted molar refractivity (Wildman–Crippen MR) is 74.5 cm³/mol. The maximum atomic E-state index is 11.1. The Morgan fingerprint density at radius 1 is 1.47 bits per heavy atom. The van der Waals surface area contributed by atoms with Gasteiger partial charge in [0.25, 0.3) is 0 Å². The van der Waals surface area contributed by atoms with Crippen LogP contribution in [0, 0.1) is 0 Å². The van der Waals surface area contributed by atoms with Crippen LogP contribution in [0.3, 0.4) is 0 Å². The number of hydrogen-bond donors (Lipinski definition) is 2. The second-order valence-electron chi connectivity index (χ2n) is 3.62. The molecule has 0 spiro atoms. The van der Waals surface area contributed by atoms with Crippen molar-refractivity contribution in [2.24, 2.45) is 5.73 Å². The fraction of sp³-hybridized carbons (Fsp3) is 0.0833. The van der Waals surface area contributed by atoms with E-state index in [1.54, 1.807) is 30.5 Å². The minimum Gasteiger partial charge on any atom is -0.480 e. The van der Waals surface area contributed by atoms with Gasteiger partial charge in [0.15, 0.2) is 0 Å². The molecule has 1 aromatic carbocycles. The molecule has 0 radical (unpaired) electrons. The van der Waals surface area contributed by atoms with Crippen LogP contribution in [0.1, 0.15) is 10.4 Å². The summed E-state index contributed by atoms with van der Waals surface area (Å²) in [5.74, 6) is 0.295. The lowest BCUT2D eigenvalue weighted by molar-refractivity contribution is 0.100. The Balaban J connectivity index is 2.26. The number of amides is 1. The van der Waals surface area contributed by atoms with Crippen molar-refractivity contribution in [1.29, 1.82) is 0 Å². The van der Waals surface area contributed by atoms with Gasteiger partial charge in [-0.05, 0) is 34.1 Å². The average molecular weight is 323 g/mol. The SMILES string of the molecule is COc1nc(Nc2cccc(C(N)=O)c2)ncc1Br. The van der Waals surface area contributed by atoms with Gasteiger partial charge in [-0.3, -0.25) is 4.79 Å². The van der Waals surface area contributed by atoms with E-state index in [9.17, 15) is 4.79 Å². The highest BCUT2D eigenvalue weighted by atomic mass is 79.9. The lowest BCUT2D eigenvalue weighted by Gasteiger charge is -2.07. The van der Waals surface area contributed by atoms with Crippen LogP contribution < -0.4 is 15.8 Å². The van der Waals surface area contributed by atoms with E-state index in [0.717, 1.165) is 0 Å². The van der Waals surface area contributed by atoms with Crippen molar-refractivity contribution in [2.75, 3.05) is 12.4 Å². The molecule has 7 heteroatoms. The Morgan fingerprint density at radius 2 is 2.26 bits per heavy atom. The van der Waals surface area contributed by atoms with Crippen molar-refractivity contribution in [3.05, 3.63) is 40.5 Å². The first-order valence-corrected chi connectivity index (χ1v) is 6.13. The van der Waals surface area contributed by atoms with E-state index < -0.39 is 5.91 Å². The fourth-order valence-corrected chi connectivity index (χ4v) is 1.79. The molecular weight excluding hydrogens is 312 g/mol. The lowest BCUT2D eigenvalue weighted by Crippen LogP contribution is -2.11. The van der Waals surface area contributed by atoms with Gasteiger partial charge in [-0.15, -0.1) is 0 Å². The van der Waals surface area contributed by atoms with Gasteiger partial charge < -0.3 is 15.8 Å². The molecule has 1 amide bonds. The third kappa shape index (κ3) is 3.19. The number of nitrogens with one attached hydrogen (secondary N) is 1. The third-order valence-corrected chi connectivity index (χ3v) is 2.85. The average Bonchev–Trinajstić information content (AvgIpc) is 2.41. The topological polar surface area (TPSA) is 90.1 Å². The zero-order valence-electron chi connectivity index (χ0n) is 10.1. The molecule has 6 nitrogen and oxygen atoms in total. The maximum absolute atomic E-state index is 11.1. The standard InChI is InChI=1S/C12H11BrN4O2/c1-19-11-9(13)6-15-12(17-11)16-8-4-2-3-7(5-8)10(14)18/h2-6H,1H3,(H2,14,18)(H,15,16,17). The first-order valence-electron chi connectivity index (χ1n) is 5.33. The number of rotatable bonds is 4. The molecule has 0 saturated heterocycles. The van der Waals surface area contributed by atoms with Gasteiger partial charge in [0.2, 0.25) is 17.7 Å². The summed E-state index contributed by atoms with van der Waals surface area (Å²) in [6, 6.07) is 6.76. The molecule has 0 atom stereocenters. The number of primary amides is 1. The molecule has 0 unspecified atom stereocenters. The Hall–Kier alpha value is -2.15. The van der Waals surface area contributed by atoms with Crippen LogP contribution in [-0.2, 0) is 0 Å². The van der Waals surface area contributed by atoms with Gasteiger partial charge >= 0.3 is 0 Å². The Morgan fingerprint density at radius 3 is 2.95 bits per heavy atom. The zero-order valence-corrected chi connectivity index (χ0v) is 11.6. The summed E-state index contributed by atoms with van der Waals surface area (Å²) in [6.45, 7) is 0. The summed E-state index contributed by atoms with van der Waals surface area (Å²) in [7, 11) is 1.52. The number of anilines is 2. The number of halogens is 1. The van der Waals surface area contributed by atoms with Crippen molar-refractivity contribution in [3.8, 4) is 5.88 Å². The molecule has 0 aliphatic heterocycles. The van der Waals surface area contributed by atoms with Crippen molar-refractivity contribution >= 4 is 33.5 Å². The van der Waals surface area contributed by atoms with E-state index in [1.165, 1.54) is 7.11 Å². The second kappa shape index (κ2) is 5.66. The smallest absolute Gasteiger partial charge is 0.248 e. The normalized spacial score (nSPS) is 10.0. The second-order valence-corrected chi connectivity index (χ2v) is 4.48. The summed E-state index contributed by atoms with van der Waals surface area (Å²) in [4.78, 5) is 19.3. The summed E-state index contributed by atoms with van der Waals surface area (Å²) < 4.78 is 5.73. The van der Waals surface area contributed by atoms with Crippen LogP contribution in [-0.4, -0.2) is 23.0 Å². The molecule has 0 aliphatic rings. The van der Waals surface area contributed by atoms with Gasteiger partial charge in [-0.1, -0.05) is 6.07 Å². The number of ether oxygens (including phenoxy) is 1. The van der Waals surface area contributed by atoms with Gasteiger partial charge in [0.1, 0.15) is 0 Å². The molecule has 19 heavy (non-hydrogen) atoms. The molecule has 2 aromatic rings. The highest BCUT2D eigenvalue weighted by Gasteiger charge is 2.06. The summed E-state index contributed by atoms with van der Waals surface area (Å²) >= 11 is 3.27. The fourth-order valence-electron chi connectivity index (χ4n) is 1.43. The summed E-state index contributed by atoms with van der Waals surface area (Å²) in [5.41, 5.74) is 6.30. The van der Waals surface area contributed by atoms with Crippen LogP contribution in [0.5, 0.6) is 5.88 Å². The number of aromatic nitrogens is 2. The molecule has 1 heterocycles. The van der Waals surface area contributed by atoms with Gasteiger partial charge in [0.05, 0.1) is 17.8 Å². The number of nitrogens with zero attached hydrogens (tertiary/aromatic N) is 2. The summed E-state index contributed by atoms with van der Waals surface area (Å²) in [6.07, 6.45) is 1.58. The predicted octanol–water partition coefficient (Wildman–Crippen LogP) is 2.09. The number of nitrogens with two attached hydrogens (primary N) is 1. The van der Waals surface area contributed by atoms with E-state index >= 15 is 0 Å². The number of carbonyl (C=O) groups is 1. The monoisotopic (exact) mass is 322 g/mol. The first kappa shape index (κ1) is 13.3. The molecule has 2 rings (SSSR count). The van der Waals surface area contributed by atoms with Crippen LogP contribution in [0.25, 0.3) is 0 Å². The third-order valence-electron chi connectivity index (χ3n) is 2.31. The van der Waals surface area contributed by atoms with E-state index in [0.29, 0.717) is 27.6 Å². The van der Waals surface area contributed by atoms with Gasteiger partial charge in [-0.2, -0.15) is 4.98 Å². The number of hydrogen-bond acceptors (Lipinski definition) is 5. The molecule has 1 aromatic heterocycles. The van der Waals surface area contributed by atoms with Crippen LogP contribution in [0.15, 0.2) is 34.9 Å². The largest absolute Gasteiger partial charge is 0.480 e. The summed E-state index contributed by atoms with van der Waals surface area (Å²) in [5, 5.41) is 2.97. The first-order chi connectivity index (χ1) is 9.10. The van der Waals surface area contributed by atoms with Crippen LogP contribution in [0.4, 0.5) is 11.6 Å². The van der Waals surface area contributed by atoms with E-state index in [1.807, 2.05) is 0 Å². The molecule has 98 valence electrons. The Kier molecular flexibility index (Phi) is 3.96. The molecule has 3 N–H and O–H groups in total. The number of carbonyl (C=O) groups excluding carboxylic acids is 1. The van der Waals surface area contributed by atoms with Gasteiger partial charge in [-0.25, -0.2) is 4.98 Å². The highest BCUT2D eigenvalue weighted by Crippen LogP contribution is 2.23. The molecular formula is C12H11BrN4O2. The molecule has 0 bridgehead atoms. The van der Waals surface area contributed by atoms with Crippen molar-refractivity contribution in [2.45, 2.75) is 0 Å². The minimum atomic E-state index is -0.488. The van der Waals surface area contributed by atoms with Crippen molar-refractivity contribution in [3.63, 3.8) is 0 Å². The van der Waals surface area contributed by atoms with Crippen molar-refractivity contribution < 1.29 is 9.53 Å². The zero-order chi connectivity index (χ0) is 13.8.